The molecule has 0 N–H and O–H groups in total. The molecule has 2 aromatic rings. The highest BCUT2D eigenvalue weighted by atomic mass is 16.1. The van der Waals surface area contributed by atoms with Crippen LogP contribution in [-0.2, 0) is 0 Å². The fourth-order valence-corrected chi connectivity index (χ4v) is 2.54. The third-order valence-corrected chi connectivity index (χ3v) is 3.98. The average molecular weight is 281 g/mol. The number of hydrogen-bond acceptors (Lipinski definition) is 2. The first kappa shape index (κ1) is 15.3. The molecule has 2 heteroatoms. The number of aryl methyl sites for hydroxylation is 3. The molecule has 0 unspecified atom stereocenters. The summed E-state index contributed by atoms with van der Waals surface area (Å²) in [5, 5.41) is 0. The number of para-hydroxylation sites is 1. The van der Waals surface area contributed by atoms with E-state index in [0.29, 0.717) is 6.54 Å². The van der Waals surface area contributed by atoms with E-state index in [-0.39, 0.29) is 5.78 Å². The van der Waals surface area contributed by atoms with Gasteiger partial charge in [-0.25, -0.2) is 0 Å². The second-order valence-electron chi connectivity index (χ2n) is 5.52. The quantitative estimate of drug-likeness (QED) is 0.761. The van der Waals surface area contributed by atoms with Crippen LogP contribution in [0, 0.1) is 20.8 Å². The summed E-state index contributed by atoms with van der Waals surface area (Å²) in [4.78, 5) is 14.7. The van der Waals surface area contributed by atoms with Gasteiger partial charge in [-0.05, 0) is 62.6 Å². The van der Waals surface area contributed by atoms with Crippen molar-refractivity contribution in [3.8, 4) is 0 Å². The molecule has 2 aromatic carbocycles. The number of hydrogen-bond donors (Lipinski definition) is 0. The maximum Gasteiger partial charge on any atom is 0.182 e. The van der Waals surface area contributed by atoms with Crippen LogP contribution in [0.2, 0.25) is 0 Å². The summed E-state index contributed by atoms with van der Waals surface area (Å²) < 4.78 is 0. The summed E-state index contributed by atoms with van der Waals surface area (Å²) in [5.41, 5.74) is 5.40. The second-order valence-corrected chi connectivity index (χ2v) is 5.52. The highest BCUT2D eigenvalue weighted by Crippen LogP contribution is 2.18. The van der Waals surface area contributed by atoms with Gasteiger partial charge in [0.1, 0.15) is 0 Å². The summed E-state index contributed by atoms with van der Waals surface area (Å²) in [7, 11) is 0. The molecular weight excluding hydrogens is 258 g/mol. The number of ketones is 1. The summed E-state index contributed by atoms with van der Waals surface area (Å²) in [6.45, 7) is 9.47. The minimum Gasteiger partial charge on any atom is -0.364 e. The lowest BCUT2D eigenvalue weighted by Crippen LogP contribution is -2.30. The highest BCUT2D eigenvalue weighted by Gasteiger charge is 2.14. The van der Waals surface area contributed by atoms with E-state index in [1.165, 1.54) is 11.1 Å². The van der Waals surface area contributed by atoms with Crippen molar-refractivity contribution in [1.29, 1.82) is 0 Å². The number of anilines is 1. The van der Waals surface area contributed by atoms with Crippen LogP contribution in [0.1, 0.15) is 34.0 Å². The van der Waals surface area contributed by atoms with Gasteiger partial charge in [-0.15, -0.1) is 0 Å². The zero-order chi connectivity index (χ0) is 15.4. The van der Waals surface area contributed by atoms with Gasteiger partial charge in [0.05, 0.1) is 6.54 Å². The molecule has 0 aliphatic heterocycles. The van der Waals surface area contributed by atoms with Gasteiger partial charge in [-0.3, -0.25) is 4.79 Å². The number of Topliss-reactive ketones (excluding diaryl/α,β-unsaturated/α-hetero) is 1. The van der Waals surface area contributed by atoms with Gasteiger partial charge in [0.15, 0.2) is 5.78 Å². The molecule has 0 aliphatic rings. The van der Waals surface area contributed by atoms with Crippen LogP contribution in [0.15, 0.2) is 42.5 Å². The minimum atomic E-state index is 0.182. The van der Waals surface area contributed by atoms with E-state index in [1.807, 2.05) is 43.3 Å². The standard InChI is InChI=1S/C19H23NO/c1-5-20(17-9-7-6-8-10-17)13-19(21)18-12-15(3)14(2)11-16(18)4/h6-12H,5,13H2,1-4H3. The predicted octanol–water partition coefficient (Wildman–Crippen LogP) is 4.32. The number of carbonyl (C=O) groups is 1. The normalized spacial score (nSPS) is 10.5. The van der Waals surface area contributed by atoms with Crippen molar-refractivity contribution in [2.75, 3.05) is 18.0 Å². The first-order valence-corrected chi connectivity index (χ1v) is 7.44. The molecule has 0 radical (unpaired) electrons. The lowest BCUT2D eigenvalue weighted by atomic mass is 9.98. The highest BCUT2D eigenvalue weighted by molar-refractivity contribution is 6.00. The Morgan fingerprint density at radius 2 is 1.57 bits per heavy atom. The predicted molar refractivity (Wildman–Crippen MR) is 89.3 cm³/mol. The zero-order valence-corrected chi connectivity index (χ0v) is 13.3. The van der Waals surface area contributed by atoms with Gasteiger partial charge >= 0.3 is 0 Å². The third kappa shape index (κ3) is 3.52. The van der Waals surface area contributed by atoms with Crippen molar-refractivity contribution in [3.63, 3.8) is 0 Å². The maximum absolute atomic E-state index is 12.6. The Hall–Kier alpha value is -2.09. The van der Waals surface area contributed by atoms with Gasteiger partial charge in [0, 0.05) is 17.8 Å². The van der Waals surface area contributed by atoms with Crippen LogP contribution in [0.5, 0.6) is 0 Å². The number of carbonyl (C=O) groups excluding carboxylic acids is 1. The molecule has 0 bridgehead atoms. The lowest BCUT2D eigenvalue weighted by molar-refractivity contribution is 0.0998. The lowest BCUT2D eigenvalue weighted by Gasteiger charge is -2.22. The molecule has 0 aromatic heterocycles. The van der Waals surface area contributed by atoms with Crippen LogP contribution in [-0.4, -0.2) is 18.9 Å². The summed E-state index contributed by atoms with van der Waals surface area (Å²) in [6.07, 6.45) is 0. The largest absolute Gasteiger partial charge is 0.364 e. The third-order valence-electron chi connectivity index (χ3n) is 3.98. The first-order chi connectivity index (χ1) is 10.0. The Balaban J connectivity index is 2.23. The second kappa shape index (κ2) is 6.57. The molecular formula is C19H23NO. The SMILES string of the molecule is CCN(CC(=O)c1cc(C)c(C)cc1C)c1ccccc1. The van der Waals surface area contributed by atoms with Crippen LogP contribution < -0.4 is 4.90 Å². The van der Waals surface area contributed by atoms with E-state index < -0.39 is 0 Å². The Bertz CT molecular complexity index is 632. The van der Waals surface area contributed by atoms with Crippen molar-refractivity contribution in [2.24, 2.45) is 0 Å². The maximum atomic E-state index is 12.6. The molecule has 21 heavy (non-hydrogen) atoms. The van der Waals surface area contributed by atoms with E-state index >= 15 is 0 Å². The molecule has 0 saturated heterocycles. The molecule has 2 rings (SSSR count). The molecule has 0 spiro atoms. The topological polar surface area (TPSA) is 20.3 Å². The summed E-state index contributed by atoms with van der Waals surface area (Å²) in [6, 6.07) is 14.2. The van der Waals surface area contributed by atoms with Crippen molar-refractivity contribution < 1.29 is 4.79 Å². The minimum absolute atomic E-state index is 0.182. The number of rotatable bonds is 5. The average Bonchev–Trinajstić information content (AvgIpc) is 2.49. The first-order valence-electron chi connectivity index (χ1n) is 7.44. The number of benzene rings is 2. The van der Waals surface area contributed by atoms with Crippen LogP contribution in [0.4, 0.5) is 5.69 Å². The smallest absolute Gasteiger partial charge is 0.182 e. The molecule has 0 atom stereocenters. The van der Waals surface area contributed by atoms with Gasteiger partial charge in [0.2, 0.25) is 0 Å². The molecule has 110 valence electrons. The Labute approximate surface area is 127 Å². The van der Waals surface area contributed by atoms with Crippen LogP contribution in [0.3, 0.4) is 0 Å². The molecule has 0 fully saturated rings. The summed E-state index contributed by atoms with van der Waals surface area (Å²) in [5.74, 6) is 0.182. The molecule has 0 amide bonds. The Morgan fingerprint density at radius 3 is 2.19 bits per heavy atom. The van der Waals surface area contributed by atoms with E-state index in [1.54, 1.807) is 0 Å². The number of nitrogens with zero attached hydrogens (tertiary/aromatic N) is 1. The van der Waals surface area contributed by atoms with Gasteiger partial charge in [-0.1, -0.05) is 24.3 Å². The van der Waals surface area contributed by atoms with E-state index in [4.69, 9.17) is 0 Å². The van der Waals surface area contributed by atoms with Crippen molar-refractivity contribution in [2.45, 2.75) is 27.7 Å². The van der Waals surface area contributed by atoms with Crippen molar-refractivity contribution >= 4 is 11.5 Å². The van der Waals surface area contributed by atoms with E-state index in [9.17, 15) is 4.79 Å². The monoisotopic (exact) mass is 281 g/mol. The molecule has 2 nitrogen and oxygen atoms in total. The van der Waals surface area contributed by atoms with Crippen LogP contribution >= 0.6 is 0 Å². The van der Waals surface area contributed by atoms with Gasteiger partial charge in [-0.2, -0.15) is 0 Å². The molecule has 0 aliphatic carbocycles. The Morgan fingerprint density at radius 1 is 0.952 bits per heavy atom. The molecule has 0 heterocycles. The Kier molecular flexibility index (Phi) is 4.79. The molecule has 0 saturated carbocycles. The van der Waals surface area contributed by atoms with E-state index in [2.05, 4.69) is 31.7 Å². The van der Waals surface area contributed by atoms with Gasteiger partial charge in [0.25, 0.3) is 0 Å². The zero-order valence-electron chi connectivity index (χ0n) is 13.3. The van der Waals surface area contributed by atoms with Crippen LogP contribution in [0.25, 0.3) is 0 Å². The summed E-state index contributed by atoms with van der Waals surface area (Å²) >= 11 is 0. The van der Waals surface area contributed by atoms with E-state index in [0.717, 1.165) is 23.4 Å². The van der Waals surface area contributed by atoms with Crippen molar-refractivity contribution in [1.82, 2.24) is 0 Å². The van der Waals surface area contributed by atoms with Gasteiger partial charge < -0.3 is 4.90 Å². The fourth-order valence-electron chi connectivity index (χ4n) is 2.54. The van der Waals surface area contributed by atoms with Crippen molar-refractivity contribution in [3.05, 3.63) is 64.7 Å². The fraction of sp³-hybridized carbons (Fsp3) is 0.316. The number of likely N-dealkylation sites (N-methyl/N-ethyl adjacent to an activating group) is 1.